The van der Waals surface area contributed by atoms with Gasteiger partial charge in [0.05, 0.1) is 11.8 Å². The van der Waals surface area contributed by atoms with Crippen molar-refractivity contribution >= 4 is 15.7 Å². The Balaban J connectivity index is 2.42. The van der Waals surface area contributed by atoms with Crippen molar-refractivity contribution < 1.29 is 13.2 Å². The van der Waals surface area contributed by atoms with Crippen LogP contribution in [0.3, 0.4) is 0 Å². The van der Waals surface area contributed by atoms with Crippen molar-refractivity contribution in [3.8, 4) is 0 Å². The van der Waals surface area contributed by atoms with E-state index in [-0.39, 0.29) is 17.7 Å². The lowest BCUT2D eigenvalue weighted by Gasteiger charge is -2.08. The van der Waals surface area contributed by atoms with Crippen molar-refractivity contribution in [2.75, 3.05) is 5.75 Å². The van der Waals surface area contributed by atoms with Gasteiger partial charge in [0.25, 0.3) is 0 Å². The summed E-state index contributed by atoms with van der Waals surface area (Å²) in [6, 6.07) is -0.330. The monoisotopic (exact) mass is 203 g/mol. The average molecular weight is 203 g/mol. The lowest BCUT2D eigenvalue weighted by atomic mass is 10.3. The number of hydrogen-bond donors (Lipinski definition) is 1. The van der Waals surface area contributed by atoms with E-state index in [1.165, 1.54) is 6.08 Å². The maximum atomic E-state index is 11.1. The summed E-state index contributed by atoms with van der Waals surface area (Å²) in [6.45, 7) is 1.90. The molecule has 1 aliphatic heterocycles. The topological polar surface area (TPSA) is 63.2 Å². The highest BCUT2D eigenvalue weighted by molar-refractivity contribution is 7.94. The molecule has 0 aromatic carbocycles. The summed E-state index contributed by atoms with van der Waals surface area (Å²) >= 11 is 0. The molecular weight excluding hydrogens is 190 g/mol. The van der Waals surface area contributed by atoms with Crippen LogP contribution < -0.4 is 5.32 Å². The minimum atomic E-state index is -3.05. The molecule has 1 aliphatic rings. The molecule has 4 nitrogen and oxygen atoms in total. The number of carbonyl (C=O) groups is 1. The molecule has 5 heteroatoms. The van der Waals surface area contributed by atoms with Gasteiger partial charge in [-0.1, -0.05) is 6.92 Å². The third-order valence-electron chi connectivity index (χ3n) is 1.75. The first-order chi connectivity index (χ1) is 6.03. The van der Waals surface area contributed by atoms with Crippen LogP contribution in [0.25, 0.3) is 0 Å². The predicted octanol–water partition coefficient (Wildman–Crippen LogP) is 0.213. The minimum absolute atomic E-state index is 0.00243. The Kier molecular flexibility index (Phi) is 3.08. The fourth-order valence-corrected chi connectivity index (χ4v) is 2.41. The van der Waals surface area contributed by atoms with Crippen LogP contribution in [0.2, 0.25) is 0 Å². The summed E-state index contributed by atoms with van der Waals surface area (Å²) in [6.07, 6.45) is 2.74. The Morgan fingerprint density at radius 2 is 2.31 bits per heavy atom. The molecule has 0 aliphatic carbocycles. The van der Waals surface area contributed by atoms with Gasteiger partial charge in [0, 0.05) is 11.8 Å². The lowest BCUT2D eigenvalue weighted by molar-refractivity contribution is -0.121. The minimum Gasteiger partial charge on any atom is -0.349 e. The van der Waals surface area contributed by atoms with Gasteiger partial charge in [-0.2, -0.15) is 0 Å². The number of carbonyl (C=O) groups excluding carboxylic acids is 1. The van der Waals surface area contributed by atoms with Crippen LogP contribution in [0, 0.1) is 0 Å². The van der Waals surface area contributed by atoms with E-state index in [0.717, 1.165) is 11.8 Å². The summed E-state index contributed by atoms with van der Waals surface area (Å²) in [7, 11) is -3.05. The molecule has 1 amide bonds. The summed E-state index contributed by atoms with van der Waals surface area (Å²) < 4.78 is 21.9. The van der Waals surface area contributed by atoms with Crippen LogP contribution in [0.15, 0.2) is 11.5 Å². The zero-order chi connectivity index (χ0) is 9.90. The second kappa shape index (κ2) is 3.91. The van der Waals surface area contributed by atoms with Crippen LogP contribution in [0.5, 0.6) is 0 Å². The second-order valence-corrected chi connectivity index (χ2v) is 5.01. The van der Waals surface area contributed by atoms with E-state index in [9.17, 15) is 13.2 Å². The molecule has 1 unspecified atom stereocenters. The van der Waals surface area contributed by atoms with Crippen molar-refractivity contribution in [1.82, 2.24) is 5.32 Å². The molecule has 0 spiro atoms. The Hall–Kier alpha value is -0.840. The number of sulfone groups is 1. The third-order valence-corrected chi connectivity index (χ3v) is 3.15. The van der Waals surface area contributed by atoms with Gasteiger partial charge in [-0.15, -0.1) is 0 Å². The highest BCUT2D eigenvalue weighted by Gasteiger charge is 2.22. The number of rotatable bonds is 3. The molecular formula is C8H13NO3S. The molecule has 0 saturated heterocycles. The Morgan fingerprint density at radius 1 is 1.62 bits per heavy atom. The van der Waals surface area contributed by atoms with Gasteiger partial charge in [0.15, 0.2) is 9.84 Å². The van der Waals surface area contributed by atoms with E-state index in [4.69, 9.17) is 0 Å². The van der Waals surface area contributed by atoms with Crippen molar-refractivity contribution in [2.24, 2.45) is 0 Å². The molecule has 0 bridgehead atoms. The summed E-state index contributed by atoms with van der Waals surface area (Å²) in [4.78, 5) is 11.1. The average Bonchev–Trinajstić information content (AvgIpc) is 2.30. The molecule has 1 rings (SSSR count). The smallest absolute Gasteiger partial charge is 0.220 e. The first-order valence-electron chi connectivity index (χ1n) is 4.24. The van der Waals surface area contributed by atoms with Gasteiger partial charge in [-0.05, 0) is 12.5 Å². The van der Waals surface area contributed by atoms with E-state index in [1.807, 2.05) is 6.92 Å². The molecule has 0 aromatic rings. The zero-order valence-electron chi connectivity index (χ0n) is 7.49. The van der Waals surface area contributed by atoms with Gasteiger partial charge in [-0.3, -0.25) is 4.79 Å². The molecule has 0 radical (unpaired) electrons. The fourth-order valence-electron chi connectivity index (χ4n) is 1.17. The van der Waals surface area contributed by atoms with Gasteiger partial charge in [0.2, 0.25) is 5.91 Å². The van der Waals surface area contributed by atoms with Crippen LogP contribution >= 0.6 is 0 Å². The second-order valence-electron chi connectivity index (χ2n) is 3.08. The SMILES string of the molecule is CCCC(=O)NC1C=CS(=O)(=O)C1. The predicted molar refractivity (Wildman–Crippen MR) is 49.8 cm³/mol. The highest BCUT2D eigenvalue weighted by Crippen LogP contribution is 2.07. The first-order valence-corrected chi connectivity index (χ1v) is 5.95. The van der Waals surface area contributed by atoms with Crippen molar-refractivity contribution in [1.29, 1.82) is 0 Å². The van der Waals surface area contributed by atoms with Gasteiger partial charge in [-0.25, -0.2) is 8.42 Å². The maximum absolute atomic E-state index is 11.1. The molecule has 74 valence electrons. The van der Waals surface area contributed by atoms with Crippen LogP contribution in [0.4, 0.5) is 0 Å². The van der Waals surface area contributed by atoms with Crippen LogP contribution in [0.1, 0.15) is 19.8 Å². The number of nitrogens with one attached hydrogen (secondary N) is 1. The molecule has 1 heterocycles. The first kappa shape index (κ1) is 10.2. The van der Waals surface area contributed by atoms with Crippen LogP contribution in [-0.4, -0.2) is 26.1 Å². The molecule has 1 N–H and O–H groups in total. The van der Waals surface area contributed by atoms with Crippen molar-refractivity contribution in [3.63, 3.8) is 0 Å². The van der Waals surface area contributed by atoms with Crippen molar-refractivity contribution in [3.05, 3.63) is 11.5 Å². The Morgan fingerprint density at radius 3 is 2.77 bits per heavy atom. The van der Waals surface area contributed by atoms with E-state index in [1.54, 1.807) is 0 Å². The van der Waals surface area contributed by atoms with E-state index in [0.29, 0.717) is 6.42 Å². The lowest BCUT2D eigenvalue weighted by Crippen LogP contribution is -2.35. The Labute approximate surface area is 77.9 Å². The van der Waals surface area contributed by atoms with Crippen LogP contribution in [-0.2, 0) is 14.6 Å². The van der Waals surface area contributed by atoms with E-state index >= 15 is 0 Å². The number of hydrogen-bond acceptors (Lipinski definition) is 3. The molecule has 0 fully saturated rings. The molecule has 0 aromatic heterocycles. The quantitative estimate of drug-likeness (QED) is 0.713. The summed E-state index contributed by atoms with van der Waals surface area (Å²) in [5.74, 6) is -0.0862. The molecule has 13 heavy (non-hydrogen) atoms. The van der Waals surface area contributed by atoms with Gasteiger partial charge >= 0.3 is 0 Å². The summed E-state index contributed by atoms with van der Waals surface area (Å²) in [5.41, 5.74) is 0. The normalized spacial score (nSPS) is 24.5. The van der Waals surface area contributed by atoms with Gasteiger partial charge < -0.3 is 5.32 Å². The Bertz CT molecular complexity index is 318. The highest BCUT2D eigenvalue weighted by atomic mass is 32.2. The van der Waals surface area contributed by atoms with E-state index < -0.39 is 9.84 Å². The van der Waals surface area contributed by atoms with E-state index in [2.05, 4.69) is 5.32 Å². The maximum Gasteiger partial charge on any atom is 0.220 e. The zero-order valence-corrected chi connectivity index (χ0v) is 8.30. The van der Waals surface area contributed by atoms with Crippen molar-refractivity contribution in [2.45, 2.75) is 25.8 Å². The number of amides is 1. The third kappa shape index (κ3) is 3.18. The standard InChI is InChI=1S/C8H13NO3S/c1-2-3-8(10)9-7-4-5-13(11,12)6-7/h4-5,7H,2-3,6H2,1H3,(H,9,10). The largest absolute Gasteiger partial charge is 0.349 e. The molecule has 1 atom stereocenters. The van der Waals surface area contributed by atoms with Gasteiger partial charge in [0.1, 0.15) is 0 Å². The summed E-state index contributed by atoms with van der Waals surface area (Å²) in [5, 5.41) is 3.79. The molecule has 0 saturated carbocycles. The fraction of sp³-hybridized carbons (Fsp3) is 0.625.